The molecule has 0 aromatic heterocycles. The van der Waals surface area contributed by atoms with Gasteiger partial charge in [0.15, 0.2) is 0 Å². The fraction of sp³-hybridized carbons (Fsp3) is 0.571. The Balaban J connectivity index is 1.83. The van der Waals surface area contributed by atoms with Crippen molar-refractivity contribution < 1.29 is 4.74 Å². The molecule has 2 unspecified atom stereocenters. The van der Waals surface area contributed by atoms with Crippen LogP contribution < -0.4 is 5.73 Å². The monoisotopic (exact) mass is 251 g/mol. The van der Waals surface area contributed by atoms with Crippen LogP contribution in [0.5, 0.6) is 0 Å². The number of thioether (sulfide) groups is 1. The first-order valence-corrected chi connectivity index (χ1v) is 7.27. The van der Waals surface area contributed by atoms with Gasteiger partial charge in [-0.15, -0.1) is 11.8 Å². The van der Waals surface area contributed by atoms with Crippen LogP contribution in [-0.2, 0) is 4.74 Å². The molecule has 1 aliphatic heterocycles. The third-order valence-corrected chi connectivity index (χ3v) is 4.65. The molecule has 17 heavy (non-hydrogen) atoms. The van der Waals surface area contributed by atoms with Crippen molar-refractivity contribution >= 4 is 11.8 Å². The van der Waals surface area contributed by atoms with Crippen molar-refractivity contribution in [2.75, 3.05) is 19.0 Å². The van der Waals surface area contributed by atoms with E-state index < -0.39 is 0 Å². The second kappa shape index (κ2) is 6.43. The highest BCUT2D eigenvalue weighted by Gasteiger charge is 2.21. The average molecular weight is 251 g/mol. The van der Waals surface area contributed by atoms with Gasteiger partial charge in [-0.25, -0.2) is 0 Å². The van der Waals surface area contributed by atoms with Gasteiger partial charge in [0.1, 0.15) is 0 Å². The van der Waals surface area contributed by atoms with Crippen molar-refractivity contribution in [3.05, 3.63) is 29.8 Å². The molecule has 94 valence electrons. The lowest BCUT2D eigenvalue weighted by atomic mass is 9.96. The summed E-state index contributed by atoms with van der Waals surface area (Å²) in [5, 5.41) is 0. The lowest BCUT2D eigenvalue weighted by Gasteiger charge is -2.27. The van der Waals surface area contributed by atoms with E-state index in [1.165, 1.54) is 16.9 Å². The number of benzene rings is 1. The van der Waals surface area contributed by atoms with Crippen molar-refractivity contribution in [1.82, 2.24) is 0 Å². The Morgan fingerprint density at radius 1 is 1.47 bits per heavy atom. The summed E-state index contributed by atoms with van der Waals surface area (Å²) in [6.07, 6.45) is 2.38. The standard InChI is InChI=1S/C14H21NOS/c1-11-5-2-3-7-14(11)17-10-13(15)12-6-4-8-16-9-12/h2-3,5,7,12-13H,4,6,8-10,15H2,1H3. The lowest BCUT2D eigenvalue weighted by molar-refractivity contribution is 0.0478. The molecule has 1 heterocycles. The van der Waals surface area contributed by atoms with Crippen LogP contribution in [0.15, 0.2) is 29.2 Å². The van der Waals surface area contributed by atoms with Gasteiger partial charge in [0.05, 0.1) is 6.61 Å². The highest BCUT2D eigenvalue weighted by atomic mass is 32.2. The first-order chi connectivity index (χ1) is 8.27. The molecule has 0 spiro atoms. The fourth-order valence-electron chi connectivity index (χ4n) is 2.14. The number of hydrogen-bond donors (Lipinski definition) is 1. The van der Waals surface area contributed by atoms with Crippen LogP contribution in [-0.4, -0.2) is 25.0 Å². The zero-order chi connectivity index (χ0) is 12.1. The van der Waals surface area contributed by atoms with E-state index in [1.54, 1.807) is 0 Å². The third-order valence-electron chi connectivity index (χ3n) is 3.33. The van der Waals surface area contributed by atoms with Crippen LogP contribution in [0.4, 0.5) is 0 Å². The molecule has 0 saturated carbocycles. The number of ether oxygens (including phenoxy) is 1. The summed E-state index contributed by atoms with van der Waals surface area (Å²) in [6, 6.07) is 8.74. The third kappa shape index (κ3) is 3.73. The minimum atomic E-state index is 0.250. The lowest BCUT2D eigenvalue weighted by Crippen LogP contribution is -2.37. The number of rotatable bonds is 4. The molecule has 0 amide bonds. The number of hydrogen-bond acceptors (Lipinski definition) is 3. The Morgan fingerprint density at radius 2 is 2.29 bits per heavy atom. The molecular weight excluding hydrogens is 230 g/mol. The molecule has 2 nitrogen and oxygen atoms in total. The normalized spacial score (nSPS) is 22.4. The first kappa shape index (κ1) is 12.9. The summed E-state index contributed by atoms with van der Waals surface area (Å²) >= 11 is 1.87. The van der Waals surface area contributed by atoms with Crippen LogP contribution in [0.3, 0.4) is 0 Å². The van der Waals surface area contributed by atoms with Crippen LogP contribution in [0, 0.1) is 12.8 Å². The Kier molecular flexibility index (Phi) is 4.89. The van der Waals surface area contributed by atoms with Crippen molar-refractivity contribution in [3.8, 4) is 0 Å². The predicted octanol–water partition coefficient (Wildman–Crippen LogP) is 2.84. The Hall–Kier alpha value is -0.510. The van der Waals surface area contributed by atoms with Gasteiger partial charge in [0, 0.05) is 23.3 Å². The van der Waals surface area contributed by atoms with Gasteiger partial charge in [-0.3, -0.25) is 0 Å². The van der Waals surface area contributed by atoms with E-state index in [2.05, 4.69) is 31.2 Å². The van der Waals surface area contributed by atoms with E-state index in [9.17, 15) is 0 Å². The van der Waals surface area contributed by atoms with Gasteiger partial charge in [0.2, 0.25) is 0 Å². The number of nitrogens with two attached hydrogens (primary N) is 1. The predicted molar refractivity (Wildman–Crippen MR) is 73.4 cm³/mol. The maximum absolute atomic E-state index is 6.25. The fourth-order valence-corrected chi connectivity index (χ4v) is 3.26. The summed E-state index contributed by atoms with van der Waals surface area (Å²) in [5.41, 5.74) is 7.58. The number of aryl methyl sites for hydroxylation is 1. The van der Waals surface area contributed by atoms with E-state index in [-0.39, 0.29) is 6.04 Å². The zero-order valence-corrected chi connectivity index (χ0v) is 11.2. The highest BCUT2D eigenvalue weighted by Crippen LogP contribution is 2.25. The Labute approximate surface area is 108 Å². The second-order valence-corrected chi connectivity index (χ2v) is 5.78. The van der Waals surface area contributed by atoms with Crippen LogP contribution >= 0.6 is 11.8 Å². The van der Waals surface area contributed by atoms with Gasteiger partial charge in [-0.1, -0.05) is 18.2 Å². The molecule has 2 atom stereocenters. The molecule has 3 heteroatoms. The summed E-state index contributed by atoms with van der Waals surface area (Å²) in [5.74, 6) is 1.53. The summed E-state index contributed by atoms with van der Waals surface area (Å²) in [4.78, 5) is 1.35. The van der Waals surface area contributed by atoms with Gasteiger partial charge >= 0.3 is 0 Å². The van der Waals surface area contributed by atoms with Crippen molar-refractivity contribution in [3.63, 3.8) is 0 Å². The summed E-state index contributed by atoms with van der Waals surface area (Å²) in [6.45, 7) is 3.90. The van der Waals surface area contributed by atoms with Gasteiger partial charge in [-0.05, 0) is 37.3 Å². The quantitative estimate of drug-likeness (QED) is 0.836. The molecule has 2 rings (SSSR count). The topological polar surface area (TPSA) is 35.2 Å². The van der Waals surface area contributed by atoms with Crippen LogP contribution in [0.25, 0.3) is 0 Å². The van der Waals surface area contributed by atoms with E-state index in [0.717, 1.165) is 25.4 Å². The van der Waals surface area contributed by atoms with Crippen LogP contribution in [0.2, 0.25) is 0 Å². The highest BCUT2D eigenvalue weighted by molar-refractivity contribution is 7.99. The van der Waals surface area contributed by atoms with Crippen molar-refractivity contribution in [2.24, 2.45) is 11.7 Å². The van der Waals surface area contributed by atoms with E-state index >= 15 is 0 Å². The van der Waals surface area contributed by atoms with Gasteiger partial charge in [-0.2, -0.15) is 0 Å². The molecule has 1 aromatic rings. The molecule has 0 aliphatic carbocycles. The molecule has 0 bridgehead atoms. The van der Waals surface area contributed by atoms with Gasteiger partial charge < -0.3 is 10.5 Å². The Bertz CT molecular complexity index is 350. The largest absolute Gasteiger partial charge is 0.381 e. The van der Waals surface area contributed by atoms with Crippen molar-refractivity contribution in [1.29, 1.82) is 0 Å². The van der Waals surface area contributed by atoms with Crippen LogP contribution in [0.1, 0.15) is 18.4 Å². The Morgan fingerprint density at radius 3 is 3.00 bits per heavy atom. The summed E-state index contributed by atoms with van der Waals surface area (Å²) in [7, 11) is 0. The second-order valence-electron chi connectivity index (χ2n) is 4.72. The van der Waals surface area contributed by atoms with E-state index in [0.29, 0.717) is 5.92 Å². The SMILES string of the molecule is Cc1ccccc1SCC(N)C1CCCOC1. The van der Waals surface area contributed by atoms with E-state index in [1.807, 2.05) is 11.8 Å². The maximum atomic E-state index is 6.25. The van der Waals surface area contributed by atoms with Gasteiger partial charge in [0.25, 0.3) is 0 Å². The molecule has 1 fully saturated rings. The summed E-state index contributed by atoms with van der Waals surface area (Å²) < 4.78 is 5.49. The van der Waals surface area contributed by atoms with E-state index in [4.69, 9.17) is 10.5 Å². The average Bonchev–Trinajstić information content (AvgIpc) is 2.38. The molecule has 0 radical (unpaired) electrons. The minimum Gasteiger partial charge on any atom is -0.381 e. The zero-order valence-electron chi connectivity index (χ0n) is 10.4. The molecule has 1 aromatic carbocycles. The molecule has 1 aliphatic rings. The minimum absolute atomic E-state index is 0.250. The maximum Gasteiger partial charge on any atom is 0.0509 e. The smallest absolute Gasteiger partial charge is 0.0509 e. The molecule has 2 N–H and O–H groups in total. The molecular formula is C14H21NOS. The molecule has 1 saturated heterocycles. The van der Waals surface area contributed by atoms with Crippen molar-refractivity contribution in [2.45, 2.75) is 30.7 Å². The first-order valence-electron chi connectivity index (χ1n) is 6.29.